The van der Waals surface area contributed by atoms with Gasteiger partial charge in [0, 0.05) is 33.4 Å². The highest BCUT2D eigenvalue weighted by molar-refractivity contribution is 5.73. The number of methoxy groups -OCH3 is 4. The molecule has 0 saturated carbocycles. The van der Waals surface area contributed by atoms with Gasteiger partial charge in [0.15, 0.2) is 6.10 Å². The topological polar surface area (TPSA) is 123 Å². The van der Waals surface area contributed by atoms with E-state index in [-0.39, 0.29) is 6.54 Å². The second kappa shape index (κ2) is 9.54. The summed E-state index contributed by atoms with van der Waals surface area (Å²) in [5.74, 6) is -1.19. The molecule has 0 aliphatic heterocycles. The molecule has 0 radical (unpaired) electrons. The number of carbonyl (C=O) groups is 1. The van der Waals surface area contributed by atoms with E-state index in [1.807, 2.05) is 0 Å². The third-order valence-corrected chi connectivity index (χ3v) is 2.66. The van der Waals surface area contributed by atoms with E-state index in [1.165, 1.54) is 28.4 Å². The summed E-state index contributed by atoms with van der Waals surface area (Å²) in [6.07, 6.45) is -3.55. The van der Waals surface area contributed by atoms with Crippen LogP contribution in [0.5, 0.6) is 0 Å². The van der Waals surface area contributed by atoms with Gasteiger partial charge in [-0.2, -0.15) is 0 Å². The van der Waals surface area contributed by atoms with Crippen LogP contribution in [0, 0.1) is 0 Å². The van der Waals surface area contributed by atoms with Crippen molar-refractivity contribution in [2.45, 2.75) is 24.4 Å². The van der Waals surface area contributed by atoms with Crippen molar-refractivity contribution in [3.63, 3.8) is 0 Å². The average Bonchev–Trinajstić information content (AvgIpc) is 2.41. The van der Waals surface area contributed by atoms with Crippen LogP contribution in [0.3, 0.4) is 0 Å². The summed E-state index contributed by atoms with van der Waals surface area (Å²) in [6.45, 7) is -0.0125. The molecule has 9 heteroatoms. The lowest BCUT2D eigenvalue weighted by Crippen LogP contribution is -2.51. The Labute approximate surface area is 111 Å². The van der Waals surface area contributed by atoms with E-state index in [0.29, 0.717) is 0 Å². The third-order valence-electron chi connectivity index (χ3n) is 2.66. The molecule has 0 unspecified atom stereocenters. The molecule has 0 aromatic heterocycles. The highest BCUT2D eigenvalue weighted by Crippen LogP contribution is 2.16. The lowest BCUT2D eigenvalue weighted by Gasteiger charge is -2.32. The van der Waals surface area contributed by atoms with Crippen molar-refractivity contribution in [2.75, 3.05) is 35.0 Å². The van der Waals surface area contributed by atoms with Gasteiger partial charge >= 0.3 is 5.97 Å². The molecule has 9 nitrogen and oxygen atoms in total. The fourth-order valence-electron chi connectivity index (χ4n) is 1.73. The first-order valence-electron chi connectivity index (χ1n) is 5.42. The van der Waals surface area contributed by atoms with Crippen molar-refractivity contribution < 1.29 is 28.8 Å². The minimum atomic E-state index is -1.22. The van der Waals surface area contributed by atoms with Gasteiger partial charge in [-0.05, 0) is 5.53 Å². The summed E-state index contributed by atoms with van der Waals surface area (Å²) in [5, 5.41) is 12.5. The van der Waals surface area contributed by atoms with Gasteiger partial charge < -0.3 is 24.1 Å². The first-order valence-corrected chi connectivity index (χ1v) is 5.42. The van der Waals surface area contributed by atoms with Crippen molar-refractivity contribution in [3.05, 3.63) is 10.4 Å². The van der Waals surface area contributed by atoms with Crippen LogP contribution in [-0.4, -0.2) is 70.5 Å². The normalized spacial score (nSPS) is 17.1. The molecular formula is C10H19N3O6. The molecule has 1 N–H and O–H groups in total. The number of rotatable bonds is 10. The van der Waals surface area contributed by atoms with E-state index in [0.717, 1.165) is 0 Å². The van der Waals surface area contributed by atoms with Gasteiger partial charge in [-0.15, -0.1) is 0 Å². The zero-order chi connectivity index (χ0) is 14.8. The molecule has 0 aliphatic rings. The molecule has 110 valence electrons. The molecule has 0 saturated heterocycles. The van der Waals surface area contributed by atoms with E-state index in [2.05, 4.69) is 10.0 Å². The fraction of sp³-hybridized carbons (Fsp3) is 0.900. The minimum absolute atomic E-state index is 0.0125. The number of ether oxygens (including phenoxy) is 4. The number of carboxylic acids is 1. The molecule has 4 atom stereocenters. The van der Waals surface area contributed by atoms with Crippen LogP contribution in [0.1, 0.15) is 0 Å². The van der Waals surface area contributed by atoms with Crippen molar-refractivity contribution in [2.24, 2.45) is 5.11 Å². The third kappa shape index (κ3) is 5.01. The molecule has 0 amide bonds. The number of carboxylic acid groups (broad SMARTS) is 1. The predicted octanol–water partition coefficient (Wildman–Crippen LogP) is 0.441. The Morgan fingerprint density at radius 1 is 1.16 bits per heavy atom. The maximum absolute atomic E-state index is 11.1. The standard InChI is InChI=1S/C10H19N3O6/c1-16-6(5-12-13-11)7(17-2)8(18-3)9(19-4)10(14)15/h6-9H,5H2,1-4H3,(H,14,15)/t6-,7+,8+,9-/m1/s1. The summed E-state index contributed by atoms with van der Waals surface area (Å²) < 4.78 is 20.4. The quantitative estimate of drug-likeness (QED) is 0.351. The Morgan fingerprint density at radius 2 is 1.74 bits per heavy atom. The van der Waals surface area contributed by atoms with Gasteiger partial charge in [0.2, 0.25) is 0 Å². The molecule has 19 heavy (non-hydrogen) atoms. The Balaban J connectivity index is 5.12. The summed E-state index contributed by atoms with van der Waals surface area (Å²) in [7, 11) is 5.38. The van der Waals surface area contributed by atoms with Gasteiger partial charge in [-0.1, -0.05) is 5.11 Å². The maximum Gasteiger partial charge on any atom is 0.335 e. The SMILES string of the molecule is CO[C@H]([C@H](OC)[C@@H](OC)C(=O)O)[C@@H](CN=[N+]=[N-])OC. The highest BCUT2D eigenvalue weighted by atomic mass is 16.6. The van der Waals surface area contributed by atoms with E-state index >= 15 is 0 Å². The summed E-state index contributed by atoms with van der Waals surface area (Å²) in [6, 6.07) is 0. The lowest BCUT2D eigenvalue weighted by molar-refractivity contribution is -0.176. The van der Waals surface area contributed by atoms with E-state index in [1.54, 1.807) is 0 Å². The molecule has 0 heterocycles. The summed E-state index contributed by atoms with van der Waals surface area (Å²) in [5.41, 5.74) is 8.32. The first-order chi connectivity index (χ1) is 9.06. The first kappa shape index (κ1) is 17.6. The minimum Gasteiger partial charge on any atom is -0.479 e. The van der Waals surface area contributed by atoms with E-state index in [9.17, 15) is 4.79 Å². The molecule has 0 bridgehead atoms. The molecule has 0 fully saturated rings. The van der Waals surface area contributed by atoms with Gasteiger partial charge in [0.1, 0.15) is 12.2 Å². The van der Waals surface area contributed by atoms with E-state index in [4.69, 9.17) is 29.6 Å². The van der Waals surface area contributed by atoms with Crippen molar-refractivity contribution in [1.29, 1.82) is 0 Å². The summed E-state index contributed by atoms with van der Waals surface area (Å²) >= 11 is 0. The number of nitrogens with zero attached hydrogens (tertiary/aromatic N) is 3. The highest BCUT2D eigenvalue weighted by Gasteiger charge is 2.39. The monoisotopic (exact) mass is 277 g/mol. The Kier molecular flexibility index (Phi) is 8.84. The van der Waals surface area contributed by atoms with Crippen LogP contribution in [0.4, 0.5) is 0 Å². The van der Waals surface area contributed by atoms with Crippen LogP contribution in [0.25, 0.3) is 10.4 Å². The van der Waals surface area contributed by atoms with Crippen LogP contribution >= 0.6 is 0 Å². The number of hydrogen-bond acceptors (Lipinski definition) is 6. The molecule has 0 rings (SSSR count). The Hall–Kier alpha value is -1.38. The molecule has 0 spiro atoms. The van der Waals surface area contributed by atoms with Gasteiger partial charge in [-0.3, -0.25) is 0 Å². The van der Waals surface area contributed by atoms with Gasteiger partial charge in [-0.25, -0.2) is 4.79 Å². The van der Waals surface area contributed by atoms with Crippen molar-refractivity contribution in [1.82, 2.24) is 0 Å². The van der Waals surface area contributed by atoms with Crippen LogP contribution < -0.4 is 0 Å². The number of hydrogen-bond donors (Lipinski definition) is 1. The van der Waals surface area contributed by atoms with Crippen LogP contribution in [-0.2, 0) is 23.7 Å². The lowest BCUT2D eigenvalue weighted by atomic mass is 10.0. The Bertz CT molecular complexity index is 320. The maximum atomic E-state index is 11.1. The smallest absolute Gasteiger partial charge is 0.335 e. The largest absolute Gasteiger partial charge is 0.479 e. The summed E-state index contributed by atoms with van der Waals surface area (Å²) in [4.78, 5) is 13.7. The predicted molar refractivity (Wildman–Crippen MR) is 64.8 cm³/mol. The van der Waals surface area contributed by atoms with Crippen molar-refractivity contribution >= 4 is 5.97 Å². The van der Waals surface area contributed by atoms with Crippen LogP contribution in [0.2, 0.25) is 0 Å². The van der Waals surface area contributed by atoms with Gasteiger partial charge in [0.25, 0.3) is 0 Å². The molecule has 0 aromatic rings. The average molecular weight is 277 g/mol. The molecule has 0 aliphatic carbocycles. The second-order valence-electron chi connectivity index (χ2n) is 3.58. The number of azide groups is 1. The molecular weight excluding hydrogens is 258 g/mol. The number of aliphatic carboxylic acids is 1. The second-order valence-corrected chi connectivity index (χ2v) is 3.58. The zero-order valence-electron chi connectivity index (χ0n) is 11.3. The molecule has 0 aromatic carbocycles. The van der Waals surface area contributed by atoms with Crippen LogP contribution in [0.15, 0.2) is 5.11 Å². The zero-order valence-corrected chi connectivity index (χ0v) is 11.3. The fourth-order valence-corrected chi connectivity index (χ4v) is 1.73. The van der Waals surface area contributed by atoms with Gasteiger partial charge in [0.05, 0.1) is 12.6 Å². The van der Waals surface area contributed by atoms with Crippen molar-refractivity contribution in [3.8, 4) is 0 Å². The Morgan fingerprint density at radius 3 is 2.05 bits per heavy atom. The van der Waals surface area contributed by atoms with E-state index < -0.39 is 30.4 Å².